The summed E-state index contributed by atoms with van der Waals surface area (Å²) in [5, 5.41) is 0. The molecule has 0 unspecified atom stereocenters. The first-order valence-electron chi connectivity index (χ1n) is 22.5. The maximum Gasteiger partial charge on any atom is 0.0540 e. The van der Waals surface area contributed by atoms with Crippen LogP contribution < -0.4 is 4.90 Å². The van der Waals surface area contributed by atoms with Gasteiger partial charge in [0.25, 0.3) is 0 Å². The highest BCUT2D eigenvalue weighted by Gasteiger charge is 2.45. The Hall–Kier alpha value is -6.44. The molecular weight excluding hydrogens is 735 g/mol. The van der Waals surface area contributed by atoms with E-state index in [0.29, 0.717) is 0 Å². The standard InChI is InChI=1S/C60H51N/c1-58(2)50-22-10-6-17-43(50)45-33-29-40(37-54(45)58)39-27-30-41(31-28-39)61(42-32-34-46-44-18-7-11-23-51(44)59(3,4)55(46)38-42)56-26-13-9-19-47(56)48-21-16-25-53-57(48)49-20-8-12-24-52(49)60(53)35-14-5-15-36-60/h6-13,16-34,37-38H,5,14-15,35-36H2,1-4H3. The van der Waals surface area contributed by atoms with E-state index < -0.39 is 0 Å². The first-order chi connectivity index (χ1) is 29.8. The Morgan fingerprint density at radius 1 is 0.344 bits per heavy atom. The van der Waals surface area contributed by atoms with Crippen LogP contribution in [0.15, 0.2) is 176 Å². The molecule has 1 saturated carbocycles. The molecule has 296 valence electrons. The Balaban J connectivity index is 1.03. The van der Waals surface area contributed by atoms with Crippen LogP contribution in [0.5, 0.6) is 0 Å². The van der Waals surface area contributed by atoms with Crippen LogP contribution in [0.3, 0.4) is 0 Å². The van der Waals surface area contributed by atoms with E-state index in [1.165, 1.54) is 132 Å². The normalized spacial score (nSPS) is 16.6. The summed E-state index contributed by atoms with van der Waals surface area (Å²) < 4.78 is 0. The Morgan fingerprint density at radius 3 is 1.52 bits per heavy atom. The average molecular weight is 786 g/mol. The fraction of sp³-hybridized carbons (Fsp3) is 0.200. The lowest BCUT2D eigenvalue weighted by Crippen LogP contribution is -2.27. The van der Waals surface area contributed by atoms with Crippen LogP contribution in [0.2, 0.25) is 0 Å². The number of anilines is 3. The lowest BCUT2D eigenvalue weighted by atomic mass is 9.68. The fourth-order valence-corrected chi connectivity index (χ4v) is 12.3. The molecule has 4 aliphatic carbocycles. The van der Waals surface area contributed by atoms with Crippen molar-refractivity contribution in [3.05, 3.63) is 209 Å². The number of hydrogen-bond acceptors (Lipinski definition) is 1. The number of hydrogen-bond donors (Lipinski definition) is 0. The molecule has 1 nitrogen and oxygen atoms in total. The lowest BCUT2D eigenvalue weighted by molar-refractivity contribution is 0.353. The minimum atomic E-state index is -0.115. The summed E-state index contributed by atoms with van der Waals surface area (Å²) in [6.45, 7) is 9.51. The molecule has 0 N–H and O–H groups in total. The average Bonchev–Trinajstić information content (AvgIpc) is 3.81. The van der Waals surface area contributed by atoms with E-state index in [2.05, 4.69) is 209 Å². The molecule has 0 aromatic heterocycles. The van der Waals surface area contributed by atoms with E-state index >= 15 is 0 Å². The largest absolute Gasteiger partial charge is 0.310 e. The molecule has 0 heterocycles. The van der Waals surface area contributed by atoms with E-state index in [-0.39, 0.29) is 16.2 Å². The third-order valence-electron chi connectivity index (χ3n) is 15.3. The first kappa shape index (κ1) is 36.4. The minimum Gasteiger partial charge on any atom is -0.310 e. The summed E-state index contributed by atoms with van der Waals surface area (Å²) >= 11 is 0. The van der Waals surface area contributed by atoms with Gasteiger partial charge in [-0.2, -0.15) is 0 Å². The van der Waals surface area contributed by atoms with Gasteiger partial charge in [0.05, 0.1) is 5.69 Å². The van der Waals surface area contributed by atoms with E-state index in [9.17, 15) is 0 Å². The number of para-hydroxylation sites is 1. The Morgan fingerprint density at radius 2 is 0.836 bits per heavy atom. The summed E-state index contributed by atoms with van der Waals surface area (Å²) in [6.07, 6.45) is 6.35. The van der Waals surface area contributed by atoms with Crippen LogP contribution in [0.25, 0.3) is 55.6 Å². The van der Waals surface area contributed by atoms with Crippen molar-refractivity contribution < 1.29 is 0 Å². The van der Waals surface area contributed by atoms with Crippen molar-refractivity contribution in [3.63, 3.8) is 0 Å². The molecule has 1 fully saturated rings. The van der Waals surface area contributed by atoms with E-state index in [0.717, 1.165) is 5.69 Å². The molecule has 1 heteroatoms. The maximum atomic E-state index is 2.53. The zero-order valence-electron chi connectivity index (χ0n) is 35.7. The highest BCUT2D eigenvalue weighted by Crippen LogP contribution is 2.59. The lowest BCUT2D eigenvalue weighted by Gasteiger charge is -2.36. The van der Waals surface area contributed by atoms with Crippen LogP contribution in [0.1, 0.15) is 93.2 Å². The summed E-state index contributed by atoms with van der Waals surface area (Å²) in [6, 6.07) is 67.1. The van der Waals surface area contributed by atoms with Crippen molar-refractivity contribution in [2.24, 2.45) is 0 Å². The van der Waals surface area contributed by atoms with Gasteiger partial charge in [-0.05, 0) is 133 Å². The highest BCUT2D eigenvalue weighted by atomic mass is 15.1. The quantitative estimate of drug-likeness (QED) is 0.168. The molecule has 0 bridgehead atoms. The van der Waals surface area contributed by atoms with Crippen LogP contribution in [0.4, 0.5) is 17.1 Å². The van der Waals surface area contributed by atoms with E-state index in [1.54, 1.807) is 0 Å². The molecule has 8 aromatic carbocycles. The van der Waals surface area contributed by atoms with Crippen molar-refractivity contribution in [1.29, 1.82) is 0 Å². The van der Waals surface area contributed by atoms with Gasteiger partial charge >= 0.3 is 0 Å². The third kappa shape index (κ3) is 5.19. The van der Waals surface area contributed by atoms with E-state index in [4.69, 9.17) is 0 Å². The molecule has 4 aliphatic rings. The van der Waals surface area contributed by atoms with Crippen molar-refractivity contribution >= 4 is 17.1 Å². The zero-order chi connectivity index (χ0) is 41.1. The second-order valence-corrected chi connectivity index (χ2v) is 19.1. The van der Waals surface area contributed by atoms with Gasteiger partial charge in [-0.1, -0.05) is 186 Å². The van der Waals surface area contributed by atoms with Crippen LogP contribution in [-0.2, 0) is 16.2 Å². The second-order valence-electron chi connectivity index (χ2n) is 19.1. The number of benzene rings is 8. The molecule has 0 saturated heterocycles. The molecule has 0 aliphatic heterocycles. The fourth-order valence-electron chi connectivity index (χ4n) is 12.3. The summed E-state index contributed by atoms with van der Waals surface area (Å²) in [5.74, 6) is 0. The smallest absolute Gasteiger partial charge is 0.0540 e. The van der Waals surface area contributed by atoms with Crippen LogP contribution in [-0.4, -0.2) is 0 Å². The zero-order valence-corrected chi connectivity index (χ0v) is 35.7. The monoisotopic (exact) mass is 785 g/mol. The summed E-state index contributed by atoms with van der Waals surface area (Å²) in [7, 11) is 0. The molecule has 1 spiro atoms. The topological polar surface area (TPSA) is 3.24 Å². The molecule has 0 atom stereocenters. The highest BCUT2D eigenvalue weighted by molar-refractivity contribution is 5.99. The van der Waals surface area contributed by atoms with Crippen molar-refractivity contribution in [2.45, 2.75) is 76.0 Å². The first-order valence-corrected chi connectivity index (χ1v) is 22.5. The third-order valence-corrected chi connectivity index (χ3v) is 15.3. The predicted octanol–water partition coefficient (Wildman–Crippen LogP) is 16.3. The van der Waals surface area contributed by atoms with Gasteiger partial charge in [-0.3, -0.25) is 0 Å². The summed E-state index contributed by atoms with van der Waals surface area (Å²) in [5.41, 5.74) is 25.4. The van der Waals surface area contributed by atoms with Gasteiger partial charge in [0.1, 0.15) is 0 Å². The van der Waals surface area contributed by atoms with Gasteiger partial charge in [0, 0.05) is 33.2 Å². The minimum absolute atomic E-state index is 0.0435. The molecule has 8 aromatic rings. The van der Waals surface area contributed by atoms with Crippen molar-refractivity contribution in [3.8, 4) is 55.6 Å². The second kappa shape index (κ2) is 13.3. The van der Waals surface area contributed by atoms with Crippen LogP contribution >= 0.6 is 0 Å². The number of fused-ring (bicyclic) bond motifs is 11. The molecule has 0 radical (unpaired) electrons. The summed E-state index contributed by atoms with van der Waals surface area (Å²) in [4.78, 5) is 2.53. The van der Waals surface area contributed by atoms with Gasteiger partial charge in [-0.15, -0.1) is 0 Å². The number of rotatable bonds is 5. The molecular formula is C60H51N. The van der Waals surface area contributed by atoms with E-state index in [1.807, 2.05) is 0 Å². The Labute approximate surface area is 361 Å². The molecule has 61 heavy (non-hydrogen) atoms. The predicted molar refractivity (Wildman–Crippen MR) is 256 cm³/mol. The van der Waals surface area contributed by atoms with Crippen molar-refractivity contribution in [2.75, 3.05) is 4.90 Å². The van der Waals surface area contributed by atoms with Crippen molar-refractivity contribution in [1.82, 2.24) is 0 Å². The van der Waals surface area contributed by atoms with Gasteiger partial charge in [-0.25, -0.2) is 0 Å². The Kier molecular flexibility index (Phi) is 7.93. The molecule has 12 rings (SSSR count). The maximum absolute atomic E-state index is 2.53. The van der Waals surface area contributed by atoms with Gasteiger partial charge in [0.2, 0.25) is 0 Å². The van der Waals surface area contributed by atoms with Gasteiger partial charge in [0.15, 0.2) is 0 Å². The SMILES string of the molecule is CC1(C)c2ccccc2-c2ccc(-c3ccc(N(c4ccc5c(c4)C(C)(C)c4ccccc4-5)c4ccccc4-c4cccc5c4-c4ccccc4C54CCCCC4)cc3)cc21. The Bertz CT molecular complexity index is 3060. The molecule has 0 amide bonds. The van der Waals surface area contributed by atoms with Gasteiger partial charge < -0.3 is 4.90 Å². The number of nitrogens with zero attached hydrogens (tertiary/aromatic N) is 1. The van der Waals surface area contributed by atoms with Crippen LogP contribution in [0, 0.1) is 0 Å².